The number of pyridine rings is 1. The first-order valence-electron chi connectivity index (χ1n) is 6.46. The van der Waals surface area contributed by atoms with Crippen LogP contribution < -0.4 is 0 Å². The minimum Gasteiger partial charge on any atom is -0.343 e. The third-order valence-electron chi connectivity index (χ3n) is 3.39. The van der Waals surface area contributed by atoms with Gasteiger partial charge in [-0.1, -0.05) is 6.07 Å². The summed E-state index contributed by atoms with van der Waals surface area (Å²) in [5.41, 5.74) is 1.23. The summed E-state index contributed by atoms with van der Waals surface area (Å²) in [5, 5.41) is 0. The molecule has 1 aromatic rings. The van der Waals surface area contributed by atoms with Gasteiger partial charge in [-0.25, -0.2) is 4.98 Å². The molecule has 0 aromatic carbocycles. The van der Waals surface area contributed by atoms with E-state index in [1.807, 2.05) is 17.0 Å². The van der Waals surface area contributed by atoms with Crippen LogP contribution in [0.4, 0.5) is 0 Å². The van der Waals surface area contributed by atoms with Gasteiger partial charge < -0.3 is 9.80 Å². The van der Waals surface area contributed by atoms with E-state index >= 15 is 0 Å². The Bertz CT molecular complexity index is 499. The van der Waals surface area contributed by atoms with Crippen LogP contribution in [-0.4, -0.2) is 47.2 Å². The first-order valence-corrected chi connectivity index (χ1v) is 6.46. The average molecular weight is 261 g/mol. The molecule has 0 saturated carbocycles. The quantitative estimate of drug-likeness (QED) is 0.810. The number of amides is 2. The average Bonchev–Trinajstić information content (AvgIpc) is 2.87. The maximum Gasteiger partial charge on any atom is 0.271 e. The van der Waals surface area contributed by atoms with Crippen LogP contribution in [0.1, 0.15) is 42.0 Å². The van der Waals surface area contributed by atoms with E-state index in [9.17, 15) is 9.59 Å². The smallest absolute Gasteiger partial charge is 0.271 e. The number of likely N-dealkylation sites (tertiary alicyclic amines) is 1. The topological polar surface area (TPSA) is 53.5 Å². The van der Waals surface area contributed by atoms with Crippen molar-refractivity contribution in [2.75, 3.05) is 20.6 Å². The van der Waals surface area contributed by atoms with Crippen LogP contribution in [0.2, 0.25) is 0 Å². The number of carbonyl (C=O) groups excluding carboxylic acids is 2. The molecule has 1 aromatic heterocycles. The summed E-state index contributed by atoms with van der Waals surface area (Å²) in [4.78, 5) is 31.2. The van der Waals surface area contributed by atoms with Gasteiger partial charge in [-0.2, -0.15) is 0 Å². The van der Waals surface area contributed by atoms with Crippen LogP contribution in [0.5, 0.6) is 0 Å². The van der Waals surface area contributed by atoms with E-state index in [0.717, 1.165) is 25.1 Å². The molecule has 5 nitrogen and oxygen atoms in total. The molecular formula is C14H19N3O2. The van der Waals surface area contributed by atoms with Crippen molar-refractivity contribution in [2.24, 2.45) is 0 Å². The Morgan fingerprint density at radius 1 is 1.37 bits per heavy atom. The maximum atomic E-state index is 11.9. The fourth-order valence-electron chi connectivity index (χ4n) is 2.44. The number of rotatable bonds is 2. The highest BCUT2D eigenvalue weighted by Gasteiger charge is 2.29. The Kier molecular flexibility index (Phi) is 3.83. The van der Waals surface area contributed by atoms with Crippen LogP contribution in [0.3, 0.4) is 0 Å². The Hall–Kier alpha value is -1.91. The Balaban J connectivity index is 2.28. The zero-order chi connectivity index (χ0) is 14.0. The van der Waals surface area contributed by atoms with Crippen LogP contribution in [0.15, 0.2) is 18.2 Å². The molecule has 1 saturated heterocycles. The van der Waals surface area contributed by atoms with Crippen molar-refractivity contribution < 1.29 is 9.59 Å². The molecular weight excluding hydrogens is 242 g/mol. The van der Waals surface area contributed by atoms with Crippen molar-refractivity contribution in [1.29, 1.82) is 0 Å². The third-order valence-corrected chi connectivity index (χ3v) is 3.39. The maximum absolute atomic E-state index is 11.9. The molecule has 0 spiro atoms. The van der Waals surface area contributed by atoms with Gasteiger partial charge in [-0.05, 0) is 25.0 Å². The Morgan fingerprint density at radius 3 is 2.74 bits per heavy atom. The van der Waals surface area contributed by atoms with Crippen LogP contribution in [-0.2, 0) is 4.79 Å². The predicted molar refractivity (Wildman–Crippen MR) is 71.6 cm³/mol. The minimum absolute atomic E-state index is 0.00686. The summed E-state index contributed by atoms with van der Waals surface area (Å²) >= 11 is 0. The summed E-state index contributed by atoms with van der Waals surface area (Å²) in [6.45, 7) is 2.35. The summed E-state index contributed by atoms with van der Waals surface area (Å²) in [5.74, 6) is -0.0529. The second kappa shape index (κ2) is 5.38. The van der Waals surface area contributed by atoms with Crippen molar-refractivity contribution >= 4 is 11.8 Å². The number of hydrogen-bond acceptors (Lipinski definition) is 3. The van der Waals surface area contributed by atoms with Crippen LogP contribution in [0.25, 0.3) is 0 Å². The summed E-state index contributed by atoms with van der Waals surface area (Å²) < 4.78 is 0. The monoisotopic (exact) mass is 261 g/mol. The van der Waals surface area contributed by atoms with E-state index in [1.54, 1.807) is 27.1 Å². The van der Waals surface area contributed by atoms with E-state index in [0.29, 0.717) is 5.69 Å². The Morgan fingerprint density at radius 2 is 2.11 bits per heavy atom. The molecule has 1 fully saturated rings. The summed E-state index contributed by atoms with van der Waals surface area (Å²) in [6, 6.07) is 5.43. The number of carbonyl (C=O) groups is 2. The lowest BCUT2D eigenvalue weighted by Crippen LogP contribution is -2.29. The van der Waals surface area contributed by atoms with Crippen molar-refractivity contribution in [3.8, 4) is 0 Å². The largest absolute Gasteiger partial charge is 0.343 e. The molecule has 1 aliphatic heterocycles. The van der Waals surface area contributed by atoms with Gasteiger partial charge in [0, 0.05) is 27.6 Å². The van der Waals surface area contributed by atoms with E-state index in [2.05, 4.69) is 4.98 Å². The van der Waals surface area contributed by atoms with Crippen molar-refractivity contribution in [3.05, 3.63) is 29.6 Å². The number of aromatic nitrogens is 1. The zero-order valence-corrected chi connectivity index (χ0v) is 11.6. The molecule has 2 amide bonds. The highest BCUT2D eigenvalue weighted by Crippen LogP contribution is 2.30. The van der Waals surface area contributed by atoms with Crippen molar-refractivity contribution in [2.45, 2.75) is 25.8 Å². The molecule has 0 N–H and O–H groups in total. The molecule has 2 rings (SSSR count). The molecule has 102 valence electrons. The van der Waals surface area contributed by atoms with Gasteiger partial charge in [0.15, 0.2) is 0 Å². The molecule has 0 bridgehead atoms. The van der Waals surface area contributed by atoms with E-state index in [-0.39, 0.29) is 17.9 Å². The zero-order valence-electron chi connectivity index (χ0n) is 11.6. The molecule has 5 heteroatoms. The van der Waals surface area contributed by atoms with E-state index in [1.165, 1.54) is 4.90 Å². The van der Waals surface area contributed by atoms with Gasteiger partial charge in [0.2, 0.25) is 5.91 Å². The van der Waals surface area contributed by atoms with Gasteiger partial charge in [0.05, 0.1) is 11.7 Å². The van der Waals surface area contributed by atoms with Gasteiger partial charge in [-0.3, -0.25) is 9.59 Å². The van der Waals surface area contributed by atoms with Crippen LogP contribution in [0, 0.1) is 0 Å². The summed E-state index contributed by atoms with van der Waals surface area (Å²) in [6.07, 6.45) is 1.89. The standard InChI is InChI=1S/C14H19N3O2/c1-10(18)17-9-5-8-13(17)11-6-4-7-12(15-11)14(19)16(2)3/h4,6-7,13H,5,8-9H2,1-3H3/t13-/m0/s1. The molecule has 0 aliphatic carbocycles. The van der Waals surface area contributed by atoms with E-state index in [4.69, 9.17) is 0 Å². The predicted octanol–water partition coefficient (Wildman–Crippen LogP) is 1.47. The first kappa shape index (κ1) is 13.5. The fraction of sp³-hybridized carbons (Fsp3) is 0.500. The molecule has 1 aliphatic rings. The van der Waals surface area contributed by atoms with Gasteiger partial charge in [0.1, 0.15) is 5.69 Å². The lowest BCUT2D eigenvalue weighted by atomic mass is 10.1. The molecule has 19 heavy (non-hydrogen) atoms. The fourth-order valence-corrected chi connectivity index (χ4v) is 2.44. The lowest BCUT2D eigenvalue weighted by molar-refractivity contribution is -0.129. The molecule has 2 heterocycles. The molecule has 1 atom stereocenters. The van der Waals surface area contributed by atoms with Crippen molar-refractivity contribution in [3.63, 3.8) is 0 Å². The Labute approximate surface area is 113 Å². The lowest BCUT2D eigenvalue weighted by Gasteiger charge is -2.23. The second-order valence-electron chi connectivity index (χ2n) is 5.02. The van der Waals surface area contributed by atoms with Gasteiger partial charge >= 0.3 is 0 Å². The first-order chi connectivity index (χ1) is 9.00. The highest BCUT2D eigenvalue weighted by atomic mass is 16.2. The molecule has 0 unspecified atom stereocenters. The highest BCUT2D eigenvalue weighted by molar-refractivity contribution is 5.91. The molecule has 0 radical (unpaired) electrons. The second-order valence-corrected chi connectivity index (χ2v) is 5.02. The SMILES string of the molecule is CC(=O)N1CCC[C@H]1c1cccc(C(=O)N(C)C)n1. The van der Waals surface area contributed by atoms with Crippen LogP contribution >= 0.6 is 0 Å². The van der Waals surface area contributed by atoms with Gasteiger partial charge in [-0.15, -0.1) is 0 Å². The minimum atomic E-state index is -0.116. The number of hydrogen-bond donors (Lipinski definition) is 0. The number of nitrogens with zero attached hydrogens (tertiary/aromatic N) is 3. The van der Waals surface area contributed by atoms with Gasteiger partial charge in [0.25, 0.3) is 5.91 Å². The summed E-state index contributed by atoms with van der Waals surface area (Å²) in [7, 11) is 3.41. The van der Waals surface area contributed by atoms with Crippen molar-refractivity contribution in [1.82, 2.24) is 14.8 Å². The third kappa shape index (κ3) is 2.75. The normalized spacial score (nSPS) is 18.5. The van der Waals surface area contributed by atoms with E-state index < -0.39 is 0 Å².